The van der Waals surface area contributed by atoms with Gasteiger partial charge in [-0.05, 0) is 36.0 Å². The first kappa shape index (κ1) is 11.5. The molecule has 5 heteroatoms. The van der Waals surface area contributed by atoms with Crippen LogP contribution in [0.15, 0.2) is 10.5 Å². The van der Waals surface area contributed by atoms with Crippen LogP contribution in [0.1, 0.15) is 18.5 Å². The van der Waals surface area contributed by atoms with Gasteiger partial charge in [-0.25, -0.2) is 0 Å². The van der Waals surface area contributed by atoms with Crippen molar-refractivity contribution in [1.29, 1.82) is 0 Å². The van der Waals surface area contributed by atoms with E-state index in [-0.39, 0.29) is 12.1 Å². The molecule has 2 rings (SSSR count). The van der Waals surface area contributed by atoms with Crippen LogP contribution in [0.25, 0.3) is 0 Å². The molecule has 0 saturated carbocycles. The second-order valence-electron chi connectivity index (χ2n) is 3.49. The van der Waals surface area contributed by atoms with E-state index in [1.54, 1.807) is 6.07 Å². The molecular formula is C10H10BrCl2NO. The second-order valence-corrected chi connectivity index (χ2v) is 5.13. The normalized spacial score (nSPS) is 23.8. The molecule has 2 atom stereocenters. The van der Waals surface area contributed by atoms with Gasteiger partial charge < -0.3 is 10.1 Å². The summed E-state index contributed by atoms with van der Waals surface area (Å²) in [7, 11) is 1.88. The fourth-order valence-corrected chi connectivity index (χ4v) is 2.95. The summed E-state index contributed by atoms with van der Waals surface area (Å²) < 4.78 is 6.47. The molecule has 1 aromatic carbocycles. The summed E-state index contributed by atoms with van der Waals surface area (Å²) in [6, 6.07) is 1.84. The van der Waals surface area contributed by atoms with Crippen molar-refractivity contribution in [1.82, 2.24) is 5.32 Å². The van der Waals surface area contributed by atoms with Crippen LogP contribution in [0.3, 0.4) is 0 Å². The summed E-state index contributed by atoms with van der Waals surface area (Å²) in [5, 5.41) is 4.43. The molecule has 0 aliphatic carbocycles. The van der Waals surface area contributed by atoms with Crippen molar-refractivity contribution in [3.8, 4) is 5.75 Å². The van der Waals surface area contributed by atoms with Gasteiger partial charge in [0.2, 0.25) is 0 Å². The second kappa shape index (κ2) is 4.13. The molecule has 0 spiro atoms. The number of likely N-dealkylation sites (N-methyl/N-ethyl adjacent to an activating group) is 1. The minimum absolute atomic E-state index is 0.0364. The van der Waals surface area contributed by atoms with Crippen LogP contribution >= 0.6 is 39.1 Å². The van der Waals surface area contributed by atoms with Crippen LogP contribution in [-0.4, -0.2) is 13.2 Å². The molecule has 1 aliphatic rings. The predicted octanol–water partition coefficient (Wildman–Crippen LogP) is 3.80. The SMILES string of the molecule is CNC1c2c(Cl)c(Br)cc(Cl)c2OC1C. The Labute approximate surface area is 107 Å². The monoisotopic (exact) mass is 309 g/mol. The van der Waals surface area contributed by atoms with Crippen molar-refractivity contribution in [3.05, 3.63) is 26.1 Å². The Morgan fingerprint density at radius 3 is 2.73 bits per heavy atom. The first-order valence-electron chi connectivity index (χ1n) is 4.57. The number of fused-ring (bicyclic) bond motifs is 1. The first-order chi connectivity index (χ1) is 7.06. The summed E-state index contributed by atoms with van der Waals surface area (Å²) in [6.45, 7) is 1.99. The van der Waals surface area contributed by atoms with E-state index in [0.717, 1.165) is 10.0 Å². The molecule has 0 radical (unpaired) electrons. The summed E-state index contributed by atoms with van der Waals surface area (Å²) in [5.74, 6) is 0.691. The molecular weight excluding hydrogens is 301 g/mol. The number of benzene rings is 1. The lowest BCUT2D eigenvalue weighted by atomic mass is 10.0. The maximum atomic E-state index is 6.22. The zero-order valence-electron chi connectivity index (χ0n) is 8.27. The quantitative estimate of drug-likeness (QED) is 0.797. The van der Waals surface area contributed by atoms with Gasteiger partial charge in [0, 0.05) is 10.0 Å². The Balaban J connectivity index is 2.63. The lowest BCUT2D eigenvalue weighted by molar-refractivity contribution is 0.214. The van der Waals surface area contributed by atoms with E-state index in [0.29, 0.717) is 15.8 Å². The molecule has 0 saturated heterocycles. The van der Waals surface area contributed by atoms with Crippen molar-refractivity contribution in [2.45, 2.75) is 19.1 Å². The molecule has 0 fully saturated rings. The smallest absolute Gasteiger partial charge is 0.144 e. The third-order valence-electron chi connectivity index (χ3n) is 2.56. The Kier molecular flexibility index (Phi) is 3.17. The Morgan fingerprint density at radius 2 is 2.13 bits per heavy atom. The highest BCUT2D eigenvalue weighted by Crippen LogP contribution is 2.48. The van der Waals surface area contributed by atoms with E-state index in [2.05, 4.69) is 21.2 Å². The van der Waals surface area contributed by atoms with E-state index >= 15 is 0 Å². The lowest BCUT2D eigenvalue weighted by Crippen LogP contribution is -2.25. The summed E-state index contributed by atoms with van der Waals surface area (Å²) >= 11 is 15.7. The van der Waals surface area contributed by atoms with Crippen molar-refractivity contribution in [3.63, 3.8) is 0 Å². The molecule has 15 heavy (non-hydrogen) atoms. The third-order valence-corrected chi connectivity index (χ3v) is 4.10. The maximum absolute atomic E-state index is 6.22. The van der Waals surface area contributed by atoms with Crippen LogP contribution in [-0.2, 0) is 0 Å². The minimum Gasteiger partial charge on any atom is -0.487 e. The molecule has 0 bridgehead atoms. The zero-order chi connectivity index (χ0) is 11.2. The fraction of sp³-hybridized carbons (Fsp3) is 0.400. The maximum Gasteiger partial charge on any atom is 0.144 e. The third kappa shape index (κ3) is 1.76. The summed E-state index contributed by atoms with van der Waals surface area (Å²) in [5.41, 5.74) is 0.936. The average molecular weight is 311 g/mol. The molecule has 1 aromatic rings. The summed E-state index contributed by atoms with van der Waals surface area (Å²) in [4.78, 5) is 0. The predicted molar refractivity (Wildman–Crippen MR) is 66.1 cm³/mol. The molecule has 0 aromatic heterocycles. The van der Waals surface area contributed by atoms with Gasteiger partial charge in [-0.3, -0.25) is 0 Å². The highest BCUT2D eigenvalue weighted by molar-refractivity contribution is 9.10. The van der Waals surface area contributed by atoms with Crippen LogP contribution in [0.5, 0.6) is 5.75 Å². The molecule has 1 aliphatic heterocycles. The van der Waals surface area contributed by atoms with Gasteiger partial charge in [0.1, 0.15) is 11.9 Å². The molecule has 0 amide bonds. The Hall–Kier alpha value is 0.0400. The van der Waals surface area contributed by atoms with Crippen LogP contribution in [0, 0.1) is 0 Å². The molecule has 2 nitrogen and oxygen atoms in total. The molecule has 1 N–H and O–H groups in total. The standard InChI is InChI=1S/C10H10BrCl2NO/c1-4-9(14-2)7-8(13)5(11)3-6(12)10(7)15-4/h3-4,9,14H,1-2H3. The van der Waals surface area contributed by atoms with E-state index in [1.165, 1.54) is 0 Å². The topological polar surface area (TPSA) is 21.3 Å². The van der Waals surface area contributed by atoms with E-state index in [4.69, 9.17) is 27.9 Å². The van der Waals surface area contributed by atoms with Gasteiger partial charge in [0.05, 0.1) is 16.1 Å². The van der Waals surface area contributed by atoms with E-state index in [1.807, 2.05) is 14.0 Å². The molecule has 82 valence electrons. The molecule has 1 heterocycles. The average Bonchev–Trinajstić information content (AvgIpc) is 2.52. The highest BCUT2D eigenvalue weighted by atomic mass is 79.9. The Bertz CT molecular complexity index is 411. The number of hydrogen-bond donors (Lipinski definition) is 1. The van der Waals surface area contributed by atoms with Gasteiger partial charge in [0.25, 0.3) is 0 Å². The molecule has 2 unspecified atom stereocenters. The van der Waals surface area contributed by atoms with Gasteiger partial charge in [-0.15, -0.1) is 0 Å². The van der Waals surface area contributed by atoms with E-state index < -0.39 is 0 Å². The van der Waals surface area contributed by atoms with Crippen LogP contribution < -0.4 is 10.1 Å². The largest absolute Gasteiger partial charge is 0.487 e. The Morgan fingerprint density at radius 1 is 1.47 bits per heavy atom. The van der Waals surface area contributed by atoms with Crippen molar-refractivity contribution >= 4 is 39.1 Å². The fourth-order valence-electron chi connectivity index (χ4n) is 1.86. The first-order valence-corrected chi connectivity index (χ1v) is 6.12. The van der Waals surface area contributed by atoms with Crippen molar-refractivity contribution < 1.29 is 4.74 Å². The number of halogens is 3. The lowest BCUT2D eigenvalue weighted by Gasteiger charge is -2.14. The van der Waals surface area contributed by atoms with Gasteiger partial charge in [-0.2, -0.15) is 0 Å². The van der Waals surface area contributed by atoms with Crippen molar-refractivity contribution in [2.24, 2.45) is 0 Å². The van der Waals surface area contributed by atoms with Gasteiger partial charge in [-0.1, -0.05) is 23.2 Å². The zero-order valence-corrected chi connectivity index (χ0v) is 11.4. The van der Waals surface area contributed by atoms with Crippen LogP contribution in [0.2, 0.25) is 10.0 Å². The summed E-state index contributed by atoms with van der Waals surface area (Å²) in [6.07, 6.45) is 0.0364. The highest BCUT2D eigenvalue weighted by Gasteiger charge is 2.34. The number of hydrogen-bond acceptors (Lipinski definition) is 2. The van der Waals surface area contributed by atoms with Crippen molar-refractivity contribution in [2.75, 3.05) is 7.05 Å². The van der Waals surface area contributed by atoms with Crippen LogP contribution in [0.4, 0.5) is 0 Å². The van der Waals surface area contributed by atoms with Gasteiger partial charge in [0.15, 0.2) is 0 Å². The number of nitrogens with one attached hydrogen (secondary N) is 1. The number of rotatable bonds is 1. The number of ether oxygens (including phenoxy) is 1. The van der Waals surface area contributed by atoms with Gasteiger partial charge >= 0.3 is 0 Å². The minimum atomic E-state index is 0.0364. The van der Waals surface area contributed by atoms with E-state index in [9.17, 15) is 0 Å².